The van der Waals surface area contributed by atoms with Crippen LogP contribution in [-0.2, 0) is 4.74 Å². The molecular formula is C5H7ClN2O. The normalized spacial score (nSPS) is 10.7. The summed E-state index contributed by atoms with van der Waals surface area (Å²) in [5.41, 5.74) is 0. The number of rotatable bonds is 2. The minimum Gasteiger partial charge on any atom is -0.480 e. The maximum Gasteiger partial charge on any atom is 0.224 e. The second-order valence-corrected chi connectivity index (χ2v) is 1.62. The third-order valence-electron chi connectivity index (χ3n) is 0.651. The summed E-state index contributed by atoms with van der Waals surface area (Å²) in [6.07, 6.45) is 2.27. The lowest BCUT2D eigenvalue weighted by Gasteiger charge is -1.95. The summed E-state index contributed by atoms with van der Waals surface area (Å²) in [7, 11) is 1.35. The quantitative estimate of drug-likeness (QED) is 0.449. The van der Waals surface area contributed by atoms with Crippen LogP contribution in [0.15, 0.2) is 11.1 Å². The molecule has 0 bridgehead atoms. The lowest BCUT2D eigenvalue weighted by molar-refractivity contribution is 0.402. The van der Waals surface area contributed by atoms with Gasteiger partial charge in [0.05, 0.1) is 7.11 Å². The molecule has 4 heteroatoms. The Morgan fingerprint density at radius 3 is 2.56 bits per heavy atom. The molecule has 0 aromatic rings. The second-order valence-electron chi connectivity index (χ2n) is 1.21. The smallest absolute Gasteiger partial charge is 0.224 e. The first-order valence-electron chi connectivity index (χ1n) is 2.21. The molecule has 0 spiro atoms. The van der Waals surface area contributed by atoms with E-state index >= 15 is 0 Å². The predicted molar refractivity (Wildman–Crippen MR) is 37.5 cm³/mol. The number of methoxy groups -OCH3 is 1. The third-order valence-corrected chi connectivity index (χ3v) is 0.948. The van der Waals surface area contributed by atoms with Crippen LogP contribution < -0.4 is 0 Å². The molecule has 0 fully saturated rings. The molecule has 2 N–H and O–H groups in total. The molecule has 3 nitrogen and oxygen atoms in total. The Morgan fingerprint density at radius 1 is 1.67 bits per heavy atom. The van der Waals surface area contributed by atoms with Crippen molar-refractivity contribution in [2.45, 2.75) is 0 Å². The molecule has 0 saturated carbocycles. The van der Waals surface area contributed by atoms with E-state index in [9.17, 15) is 0 Å². The van der Waals surface area contributed by atoms with Crippen molar-refractivity contribution in [2.75, 3.05) is 7.11 Å². The van der Waals surface area contributed by atoms with Gasteiger partial charge in [0, 0.05) is 6.21 Å². The number of hydrogen-bond donors (Lipinski definition) is 2. The minimum absolute atomic E-state index is 0.125. The number of nitrogens with one attached hydrogen (secondary N) is 2. The van der Waals surface area contributed by atoms with E-state index in [4.69, 9.17) is 22.4 Å². The largest absolute Gasteiger partial charge is 0.480 e. The van der Waals surface area contributed by atoms with Crippen molar-refractivity contribution in [1.82, 2.24) is 0 Å². The van der Waals surface area contributed by atoms with Gasteiger partial charge >= 0.3 is 0 Å². The van der Waals surface area contributed by atoms with Crippen LogP contribution in [0.3, 0.4) is 0 Å². The molecule has 0 aliphatic carbocycles. The highest BCUT2D eigenvalue weighted by Crippen LogP contribution is 2.01. The average Bonchev–Trinajstić information content (AvgIpc) is 1.87. The summed E-state index contributed by atoms with van der Waals surface area (Å²) >= 11 is 5.39. The van der Waals surface area contributed by atoms with Gasteiger partial charge in [0.25, 0.3) is 0 Å². The van der Waals surface area contributed by atoms with Gasteiger partial charge in [-0.3, -0.25) is 5.41 Å². The van der Waals surface area contributed by atoms with E-state index in [1.54, 1.807) is 0 Å². The molecular weight excluding hydrogens is 140 g/mol. The van der Waals surface area contributed by atoms with Crippen molar-refractivity contribution >= 4 is 23.7 Å². The van der Waals surface area contributed by atoms with E-state index in [2.05, 4.69) is 4.74 Å². The van der Waals surface area contributed by atoms with E-state index in [1.807, 2.05) is 0 Å². The van der Waals surface area contributed by atoms with Gasteiger partial charge in [0.15, 0.2) is 0 Å². The molecule has 9 heavy (non-hydrogen) atoms. The van der Waals surface area contributed by atoms with Crippen molar-refractivity contribution < 1.29 is 4.74 Å². The van der Waals surface area contributed by atoms with Crippen LogP contribution in [0, 0.1) is 10.8 Å². The number of ether oxygens (including phenoxy) is 1. The van der Waals surface area contributed by atoms with E-state index in [-0.39, 0.29) is 10.9 Å². The lowest BCUT2D eigenvalue weighted by atomic mass is 10.5. The van der Waals surface area contributed by atoms with Gasteiger partial charge in [-0.05, 0) is 6.08 Å². The van der Waals surface area contributed by atoms with Gasteiger partial charge in [-0.2, -0.15) is 0 Å². The van der Waals surface area contributed by atoms with Gasteiger partial charge in [0.2, 0.25) is 5.90 Å². The van der Waals surface area contributed by atoms with E-state index in [0.717, 1.165) is 6.21 Å². The Bertz CT molecular complexity index is 153. The highest BCUT2D eigenvalue weighted by molar-refractivity contribution is 6.42. The van der Waals surface area contributed by atoms with Crippen molar-refractivity contribution in [2.24, 2.45) is 0 Å². The Hall–Kier alpha value is -0.830. The zero-order valence-corrected chi connectivity index (χ0v) is 5.70. The summed E-state index contributed by atoms with van der Waals surface area (Å²) in [6, 6.07) is 0. The highest BCUT2D eigenvalue weighted by atomic mass is 35.5. The molecule has 0 heterocycles. The Morgan fingerprint density at radius 2 is 2.22 bits per heavy atom. The lowest BCUT2D eigenvalue weighted by Crippen LogP contribution is -1.97. The zero-order valence-electron chi connectivity index (χ0n) is 4.94. The van der Waals surface area contributed by atoms with Crippen molar-refractivity contribution in [3.8, 4) is 0 Å². The van der Waals surface area contributed by atoms with Gasteiger partial charge in [0.1, 0.15) is 5.03 Å². The average molecular weight is 147 g/mol. The number of allylic oxidation sites excluding steroid dienone is 1. The molecule has 0 unspecified atom stereocenters. The molecule has 0 aromatic heterocycles. The van der Waals surface area contributed by atoms with Crippen molar-refractivity contribution in [3.05, 3.63) is 11.1 Å². The minimum atomic E-state index is -0.125. The maximum absolute atomic E-state index is 6.92. The van der Waals surface area contributed by atoms with Gasteiger partial charge < -0.3 is 10.1 Å². The Labute approximate surface area is 58.3 Å². The van der Waals surface area contributed by atoms with Crippen molar-refractivity contribution in [1.29, 1.82) is 10.8 Å². The first-order valence-corrected chi connectivity index (χ1v) is 2.59. The Kier molecular flexibility index (Phi) is 3.71. The topological polar surface area (TPSA) is 56.9 Å². The molecule has 0 rings (SSSR count). The SMILES string of the molecule is COC(=N)/C(Cl)=C\C=N. The maximum atomic E-state index is 6.92. The van der Waals surface area contributed by atoms with Crippen LogP contribution in [0.25, 0.3) is 0 Å². The molecule has 0 radical (unpaired) electrons. The fraction of sp³-hybridized carbons (Fsp3) is 0.200. The standard InChI is InChI=1S/C5H7ClN2O/c1-9-5(8)4(6)2-3-7/h2-3,7-8H,1H3/b4-2+,7-3?,8-5?. The van der Waals surface area contributed by atoms with Gasteiger partial charge in [-0.15, -0.1) is 0 Å². The first kappa shape index (κ1) is 8.17. The second kappa shape index (κ2) is 4.09. The highest BCUT2D eigenvalue weighted by Gasteiger charge is 1.97. The summed E-state index contributed by atoms with van der Waals surface area (Å²) < 4.78 is 4.44. The van der Waals surface area contributed by atoms with Crippen LogP contribution >= 0.6 is 11.6 Å². The molecule has 0 aliphatic heterocycles. The summed E-state index contributed by atoms with van der Waals surface area (Å²) in [4.78, 5) is 0. The van der Waals surface area contributed by atoms with Crippen LogP contribution in [0.1, 0.15) is 0 Å². The molecule has 0 amide bonds. The Balaban J connectivity index is 4.01. The number of hydrogen-bond acceptors (Lipinski definition) is 3. The van der Waals surface area contributed by atoms with Crippen LogP contribution in [0.4, 0.5) is 0 Å². The monoisotopic (exact) mass is 146 g/mol. The molecule has 0 atom stereocenters. The van der Waals surface area contributed by atoms with E-state index in [0.29, 0.717) is 0 Å². The zero-order chi connectivity index (χ0) is 7.28. The predicted octanol–water partition coefficient (Wildman–Crippen LogP) is 1.38. The van der Waals surface area contributed by atoms with Crippen LogP contribution in [0.5, 0.6) is 0 Å². The first-order chi connectivity index (χ1) is 4.22. The summed E-state index contributed by atoms with van der Waals surface area (Å²) in [5.74, 6) is -0.125. The van der Waals surface area contributed by atoms with Gasteiger partial charge in [-0.25, -0.2) is 0 Å². The fourth-order valence-electron chi connectivity index (χ4n) is 0.246. The molecule has 0 aromatic carbocycles. The summed E-state index contributed by atoms with van der Waals surface area (Å²) in [6.45, 7) is 0. The third kappa shape index (κ3) is 2.87. The molecule has 0 aliphatic rings. The van der Waals surface area contributed by atoms with Crippen molar-refractivity contribution in [3.63, 3.8) is 0 Å². The van der Waals surface area contributed by atoms with E-state index in [1.165, 1.54) is 13.2 Å². The number of halogens is 1. The van der Waals surface area contributed by atoms with Gasteiger partial charge in [-0.1, -0.05) is 11.6 Å². The molecule has 0 saturated heterocycles. The van der Waals surface area contributed by atoms with Crippen LogP contribution in [0.2, 0.25) is 0 Å². The summed E-state index contributed by atoms with van der Waals surface area (Å²) in [5, 5.41) is 13.6. The fourth-order valence-corrected chi connectivity index (χ4v) is 0.386. The van der Waals surface area contributed by atoms with Crippen LogP contribution in [-0.4, -0.2) is 19.2 Å². The molecule has 50 valence electrons. The van der Waals surface area contributed by atoms with E-state index < -0.39 is 0 Å².